The lowest BCUT2D eigenvalue weighted by molar-refractivity contribution is 0.262. The molecule has 0 unspecified atom stereocenters. The number of carbonyl (C=O) groups is 1. The Hall–Kier alpha value is -4.35. The van der Waals surface area contributed by atoms with Crippen molar-refractivity contribution in [2.24, 2.45) is 0 Å². The van der Waals surface area contributed by atoms with Gasteiger partial charge in [0, 0.05) is 11.4 Å². The van der Waals surface area contributed by atoms with Crippen molar-refractivity contribution in [2.45, 2.75) is 37.5 Å². The minimum absolute atomic E-state index is 0.0449. The van der Waals surface area contributed by atoms with E-state index >= 15 is 0 Å². The van der Waals surface area contributed by atoms with Gasteiger partial charge in [-0.15, -0.1) is 0 Å². The number of amides is 2. The van der Waals surface area contributed by atoms with E-state index in [2.05, 4.69) is 10.6 Å². The average Bonchev–Trinajstić information content (AvgIpc) is 2.85. The Balaban J connectivity index is 1.35. The summed E-state index contributed by atoms with van der Waals surface area (Å²) in [7, 11) is -8.05. The summed E-state index contributed by atoms with van der Waals surface area (Å²) in [5.74, 6) is 0.190. The molecular weight excluding hydrogens is 552 g/mol. The fourth-order valence-corrected chi connectivity index (χ4v) is 6.55. The van der Waals surface area contributed by atoms with Gasteiger partial charge in [0.25, 0.3) is 0 Å². The molecule has 0 atom stereocenters. The van der Waals surface area contributed by atoms with Gasteiger partial charge in [-0.1, -0.05) is 29.8 Å². The molecule has 40 heavy (non-hydrogen) atoms. The van der Waals surface area contributed by atoms with Crippen LogP contribution in [0, 0.1) is 27.7 Å². The van der Waals surface area contributed by atoms with E-state index in [9.17, 15) is 21.6 Å². The number of urea groups is 1. The quantitative estimate of drug-likeness (QED) is 0.241. The molecule has 4 rings (SSSR count). The van der Waals surface area contributed by atoms with Crippen LogP contribution in [0.25, 0.3) is 0 Å². The highest BCUT2D eigenvalue weighted by molar-refractivity contribution is 7.87. The highest BCUT2D eigenvalue weighted by Crippen LogP contribution is 2.27. The average molecular weight is 581 g/mol. The number of aryl methyl sites for hydroxylation is 4. The van der Waals surface area contributed by atoms with Gasteiger partial charge in [0.2, 0.25) is 0 Å². The van der Waals surface area contributed by atoms with Crippen molar-refractivity contribution in [1.82, 2.24) is 0 Å². The number of carbonyl (C=O) groups excluding carboxylic acids is 1. The molecule has 0 fully saturated rings. The van der Waals surface area contributed by atoms with E-state index in [0.717, 1.165) is 11.1 Å². The van der Waals surface area contributed by atoms with Crippen molar-refractivity contribution in [3.63, 3.8) is 0 Å². The monoisotopic (exact) mass is 580 g/mol. The van der Waals surface area contributed by atoms with Gasteiger partial charge in [-0.3, -0.25) is 0 Å². The van der Waals surface area contributed by atoms with Crippen LogP contribution in [0.4, 0.5) is 16.2 Å². The molecule has 208 valence electrons. The standard InChI is InChI=1S/C29H28N2O7S2/c1-19-6-5-7-27(18-19)39(33,34)37-25-12-8-23(9-13-25)30-29(32)31-24-10-14-26(15-11-24)38-40(35,36)28-21(3)16-20(2)17-22(28)4/h5-18H,1-4H3,(H2,30,31,32). The molecular formula is C29H28N2O7S2. The highest BCUT2D eigenvalue weighted by Gasteiger charge is 2.22. The summed E-state index contributed by atoms with van der Waals surface area (Å²) in [5, 5.41) is 5.26. The minimum atomic E-state index is -4.05. The van der Waals surface area contributed by atoms with Crippen molar-refractivity contribution in [3.8, 4) is 11.5 Å². The molecule has 11 heteroatoms. The Kier molecular flexibility index (Phi) is 8.17. The van der Waals surface area contributed by atoms with Gasteiger partial charge in [-0.2, -0.15) is 16.8 Å². The van der Waals surface area contributed by atoms with Crippen LogP contribution in [0.3, 0.4) is 0 Å². The molecule has 2 N–H and O–H groups in total. The second kappa shape index (κ2) is 11.4. The molecule has 0 aliphatic carbocycles. The zero-order valence-corrected chi connectivity index (χ0v) is 23.9. The molecule has 0 bridgehead atoms. The van der Waals surface area contributed by atoms with E-state index < -0.39 is 26.3 Å². The summed E-state index contributed by atoms with van der Waals surface area (Å²) in [6.07, 6.45) is 0. The molecule has 0 aromatic heterocycles. The number of benzene rings is 4. The second-order valence-electron chi connectivity index (χ2n) is 9.25. The molecule has 4 aromatic carbocycles. The third kappa shape index (κ3) is 6.99. The first-order valence-electron chi connectivity index (χ1n) is 12.1. The minimum Gasteiger partial charge on any atom is -0.379 e. The fraction of sp³-hybridized carbons (Fsp3) is 0.138. The highest BCUT2D eigenvalue weighted by atomic mass is 32.2. The first-order chi connectivity index (χ1) is 18.8. The molecule has 0 spiro atoms. The molecule has 0 aliphatic rings. The molecule has 0 aliphatic heterocycles. The summed E-state index contributed by atoms with van der Waals surface area (Å²) in [6.45, 7) is 7.11. The third-order valence-electron chi connectivity index (χ3n) is 5.77. The lowest BCUT2D eigenvalue weighted by atomic mass is 10.1. The molecule has 0 saturated carbocycles. The molecule has 0 saturated heterocycles. The smallest absolute Gasteiger partial charge is 0.339 e. The Morgan fingerprint density at radius 1 is 0.600 bits per heavy atom. The number of hydrogen-bond acceptors (Lipinski definition) is 7. The van der Waals surface area contributed by atoms with E-state index in [1.807, 2.05) is 6.92 Å². The zero-order valence-electron chi connectivity index (χ0n) is 22.3. The van der Waals surface area contributed by atoms with Crippen LogP contribution >= 0.6 is 0 Å². The van der Waals surface area contributed by atoms with Crippen molar-refractivity contribution in [2.75, 3.05) is 10.6 Å². The summed E-state index contributed by atoms with van der Waals surface area (Å²) in [6, 6.07) is 21.1. The van der Waals surface area contributed by atoms with E-state index in [4.69, 9.17) is 8.37 Å². The number of rotatable bonds is 8. The Morgan fingerprint density at radius 3 is 1.55 bits per heavy atom. The fourth-order valence-electron chi connectivity index (χ4n) is 4.16. The Morgan fingerprint density at radius 2 is 1.07 bits per heavy atom. The van der Waals surface area contributed by atoms with Crippen LogP contribution in [-0.4, -0.2) is 22.9 Å². The first-order valence-corrected chi connectivity index (χ1v) is 15.0. The molecule has 9 nitrogen and oxygen atoms in total. The van der Waals surface area contributed by atoms with E-state index in [0.29, 0.717) is 22.5 Å². The maximum absolute atomic E-state index is 12.9. The summed E-state index contributed by atoms with van der Waals surface area (Å²) >= 11 is 0. The van der Waals surface area contributed by atoms with E-state index in [1.54, 1.807) is 45.0 Å². The van der Waals surface area contributed by atoms with Crippen LogP contribution in [-0.2, 0) is 20.2 Å². The van der Waals surface area contributed by atoms with Gasteiger partial charge in [-0.25, -0.2) is 4.79 Å². The van der Waals surface area contributed by atoms with Gasteiger partial charge in [0.15, 0.2) is 0 Å². The predicted molar refractivity (Wildman–Crippen MR) is 153 cm³/mol. The van der Waals surface area contributed by atoms with Gasteiger partial charge in [0.05, 0.1) is 0 Å². The van der Waals surface area contributed by atoms with Crippen molar-refractivity contribution in [3.05, 3.63) is 107 Å². The maximum atomic E-state index is 12.9. The normalized spacial score (nSPS) is 11.5. The van der Waals surface area contributed by atoms with Crippen molar-refractivity contribution >= 4 is 37.6 Å². The van der Waals surface area contributed by atoms with Crippen molar-refractivity contribution in [1.29, 1.82) is 0 Å². The number of nitrogens with one attached hydrogen (secondary N) is 2. The van der Waals surface area contributed by atoms with Crippen LogP contribution in [0.5, 0.6) is 11.5 Å². The van der Waals surface area contributed by atoms with E-state index in [1.165, 1.54) is 60.7 Å². The first kappa shape index (κ1) is 28.7. The van der Waals surface area contributed by atoms with Crippen LogP contribution < -0.4 is 19.0 Å². The molecule has 2 amide bonds. The number of hydrogen-bond donors (Lipinski definition) is 2. The topological polar surface area (TPSA) is 128 Å². The molecule has 4 aromatic rings. The van der Waals surface area contributed by atoms with Crippen molar-refractivity contribution < 1.29 is 30.0 Å². The third-order valence-corrected chi connectivity index (χ3v) is 8.57. The van der Waals surface area contributed by atoms with E-state index in [-0.39, 0.29) is 21.3 Å². The van der Waals surface area contributed by atoms with Gasteiger partial charge >= 0.3 is 26.3 Å². The number of anilines is 2. The Bertz CT molecular complexity index is 1740. The lowest BCUT2D eigenvalue weighted by Gasteiger charge is -2.13. The molecule has 0 heterocycles. The Labute approximate surface area is 234 Å². The zero-order chi connectivity index (χ0) is 29.1. The SMILES string of the molecule is Cc1cccc(S(=O)(=O)Oc2ccc(NC(=O)Nc3ccc(OS(=O)(=O)c4c(C)cc(C)cc4C)cc3)cc2)c1. The maximum Gasteiger partial charge on any atom is 0.339 e. The van der Waals surface area contributed by atoms with Crippen LogP contribution in [0.1, 0.15) is 22.3 Å². The molecule has 0 radical (unpaired) electrons. The predicted octanol–water partition coefficient (Wildman–Crippen LogP) is 6.10. The second-order valence-corrected chi connectivity index (χ2v) is 12.3. The van der Waals surface area contributed by atoms with Gasteiger partial charge in [-0.05, 0) is 105 Å². The summed E-state index contributed by atoms with van der Waals surface area (Å²) in [5.41, 5.74) is 3.73. The van der Waals surface area contributed by atoms with Crippen LogP contribution in [0.2, 0.25) is 0 Å². The summed E-state index contributed by atoms with van der Waals surface area (Å²) < 4.78 is 61.2. The van der Waals surface area contributed by atoms with Gasteiger partial charge < -0.3 is 19.0 Å². The lowest BCUT2D eigenvalue weighted by Crippen LogP contribution is -2.19. The largest absolute Gasteiger partial charge is 0.379 e. The van der Waals surface area contributed by atoms with Crippen LogP contribution in [0.15, 0.2) is 94.7 Å². The summed E-state index contributed by atoms with van der Waals surface area (Å²) in [4.78, 5) is 12.6. The van der Waals surface area contributed by atoms with Gasteiger partial charge in [0.1, 0.15) is 21.3 Å².